The molecule has 0 spiro atoms. The van der Waals surface area contributed by atoms with Crippen molar-refractivity contribution in [1.82, 2.24) is 16.1 Å². The molecule has 0 aliphatic heterocycles. The van der Waals surface area contributed by atoms with E-state index in [0.717, 1.165) is 16.7 Å². The van der Waals surface area contributed by atoms with E-state index in [1.165, 1.54) is 0 Å². The summed E-state index contributed by atoms with van der Waals surface area (Å²) >= 11 is 0. The minimum absolute atomic E-state index is 0.0286. The summed E-state index contributed by atoms with van der Waals surface area (Å²) in [6.07, 6.45) is 3.44. The molecule has 0 heterocycles. The number of alkyl carbamates (subject to hydrolysis) is 1. The van der Waals surface area contributed by atoms with E-state index in [1.54, 1.807) is 26.3 Å². The molecule has 30 heavy (non-hydrogen) atoms. The second-order valence-electron chi connectivity index (χ2n) is 7.78. The number of ether oxygens (including phenoxy) is 1. The quantitative estimate of drug-likeness (QED) is 0.303. The molecule has 0 aliphatic rings. The van der Waals surface area contributed by atoms with E-state index >= 15 is 0 Å². The maximum atomic E-state index is 11.9. The number of carbonyl (C=O) groups excluding carboxylic acids is 2. The van der Waals surface area contributed by atoms with Crippen LogP contribution >= 0.6 is 0 Å². The van der Waals surface area contributed by atoms with Crippen molar-refractivity contribution in [2.75, 3.05) is 6.54 Å². The summed E-state index contributed by atoms with van der Waals surface area (Å²) in [6.45, 7) is 5.61. The van der Waals surface area contributed by atoms with Crippen LogP contribution < -0.4 is 16.1 Å². The number of hydroxylamine groups is 1. The number of hydrogen-bond acceptors (Lipinski definition) is 5. The Labute approximate surface area is 177 Å². The lowest BCUT2D eigenvalue weighted by molar-refractivity contribution is -0.131. The summed E-state index contributed by atoms with van der Waals surface area (Å²) in [5.41, 5.74) is 4.11. The van der Waals surface area contributed by atoms with Gasteiger partial charge in [-0.15, -0.1) is 0 Å². The van der Waals surface area contributed by atoms with E-state index in [0.29, 0.717) is 6.54 Å². The number of nitrogens with one attached hydrogen (secondary N) is 3. The van der Waals surface area contributed by atoms with Crippen LogP contribution in [-0.2, 0) is 16.1 Å². The molecule has 0 aliphatic carbocycles. The molecule has 0 radical (unpaired) electrons. The maximum absolute atomic E-state index is 11.9. The normalized spacial score (nSPS) is 12.4. The Balaban J connectivity index is 1.89. The minimum Gasteiger partial charge on any atom is -0.444 e. The highest BCUT2D eigenvalue weighted by Gasteiger charge is 2.21. The van der Waals surface area contributed by atoms with Crippen molar-refractivity contribution in [3.63, 3.8) is 0 Å². The molecule has 0 aromatic heterocycles. The van der Waals surface area contributed by atoms with Crippen LogP contribution in [0.15, 0.2) is 54.6 Å². The fraction of sp³-hybridized carbons (Fsp3) is 0.304. The molecule has 160 valence electrons. The average Bonchev–Trinajstić information content (AvgIpc) is 2.72. The van der Waals surface area contributed by atoms with Gasteiger partial charge in [0.05, 0.1) is 0 Å². The van der Waals surface area contributed by atoms with Crippen molar-refractivity contribution in [3.05, 3.63) is 71.3 Å². The third kappa shape index (κ3) is 8.46. The number of hydrogen-bond donors (Lipinski definition) is 4. The Bertz CT molecular complexity index is 843. The lowest BCUT2D eigenvalue weighted by Crippen LogP contribution is -2.50. The van der Waals surface area contributed by atoms with Crippen LogP contribution in [0.1, 0.15) is 37.5 Å². The molecule has 2 amide bonds. The maximum Gasteiger partial charge on any atom is 0.407 e. The fourth-order valence-electron chi connectivity index (χ4n) is 2.58. The van der Waals surface area contributed by atoms with E-state index in [-0.39, 0.29) is 6.54 Å². The first-order chi connectivity index (χ1) is 14.3. The summed E-state index contributed by atoms with van der Waals surface area (Å²) < 4.78 is 5.15. The predicted octanol–water partition coefficient (Wildman–Crippen LogP) is 3.35. The van der Waals surface area contributed by atoms with Crippen molar-refractivity contribution in [2.24, 2.45) is 0 Å². The monoisotopic (exact) mass is 411 g/mol. The number of amides is 2. The SMILES string of the molecule is CC(C)(C)OC(=O)NCC(NCc1ccc(C=Cc2ccccc2)cc1)C(=O)NO. The molecule has 0 saturated carbocycles. The molecule has 0 bridgehead atoms. The van der Waals surface area contributed by atoms with E-state index in [2.05, 4.69) is 10.6 Å². The van der Waals surface area contributed by atoms with Crippen molar-refractivity contribution < 1.29 is 19.5 Å². The fourth-order valence-corrected chi connectivity index (χ4v) is 2.58. The standard InChI is InChI=1S/C23H29N3O4/c1-23(2,3)30-22(28)25-16-20(21(27)26-29)24-15-19-13-11-18(12-14-19)10-9-17-7-5-4-6-8-17/h4-14,20,24,29H,15-16H2,1-3H3,(H,25,28)(H,26,27). The molecule has 7 nitrogen and oxygen atoms in total. The van der Waals surface area contributed by atoms with Gasteiger partial charge in [0.1, 0.15) is 11.6 Å². The summed E-state index contributed by atoms with van der Waals surface area (Å²) in [6, 6.07) is 17.1. The first kappa shape index (κ1) is 23.1. The van der Waals surface area contributed by atoms with E-state index in [9.17, 15) is 9.59 Å². The Hall–Kier alpha value is -3.16. The van der Waals surface area contributed by atoms with Gasteiger partial charge in [-0.2, -0.15) is 0 Å². The zero-order valence-corrected chi connectivity index (χ0v) is 17.5. The van der Waals surface area contributed by atoms with E-state index in [4.69, 9.17) is 9.94 Å². The number of rotatable bonds is 8. The number of benzene rings is 2. The topological polar surface area (TPSA) is 99.7 Å². The van der Waals surface area contributed by atoms with Crippen LogP contribution in [0.2, 0.25) is 0 Å². The van der Waals surface area contributed by atoms with Crippen LogP contribution in [0, 0.1) is 0 Å². The molecule has 0 saturated heterocycles. The van der Waals surface area contributed by atoms with E-state index in [1.807, 2.05) is 66.7 Å². The van der Waals surface area contributed by atoms with Gasteiger partial charge in [0.15, 0.2) is 0 Å². The molecular weight excluding hydrogens is 382 g/mol. The smallest absolute Gasteiger partial charge is 0.407 e. The van der Waals surface area contributed by atoms with Crippen molar-refractivity contribution in [2.45, 2.75) is 39.0 Å². The van der Waals surface area contributed by atoms with Gasteiger partial charge >= 0.3 is 6.09 Å². The highest BCUT2D eigenvalue weighted by molar-refractivity contribution is 5.81. The Morgan fingerprint density at radius 1 is 1.00 bits per heavy atom. The van der Waals surface area contributed by atoms with Crippen LogP contribution in [0.5, 0.6) is 0 Å². The molecule has 0 fully saturated rings. The van der Waals surface area contributed by atoms with Gasteiger partial charge < -0.3 is 15.4 Å². The minimum atomic E-state index is -0.819. The lowest BCUT2D eigenvalue weighted by atomic mass is 10.1. The molecule has 1 unspecified atom stereocenters. The highest BCUT2D eigenvalue weighted by Crippen LogP contribution is 2.10. The molecule has 2 rings (SSSR count). The Morgan fingerprint density at radius 2 is 1.60 bits per heavy atom. The molecule has 1 atom stereocenters. The average molecular weight is 412 g/mol. The molecular formula is C23H29N3O4. The summed E-state index contributed by atoms with van der Waals surface area (Å²) in [4.78, 5) is 23.7. The van der Waals surface area contributed by atoms with Crippen LogP contribution in [0.25, 0.3) is 12.2 Å². The predicted molar refractivity (Wildman–Crippen MR) is 117 cm³/mol. The van der Waals surface area contributed by atoms with Gasteiger partial charge in [-0.1, -0.05) is 66.7 Å². The number of carbonyl (C=O) groups is 2. The van der Waals surface area contributed by atoms with Crippen LogP contribution in [-0.4, -0.2) is 35.4 Å². The van der Waals surface area contributed by atoms with Crippen molar-refractivity contribution in [1.29, 1.82) is 0 Å². The molecule has 4 N–H and O–H groups in total. The molecule has 7 heteroatoms. The zero-order chi connectivity index (χ0) is 22.0. The Kier molecular flexibility index (Phi) is 8.58. The van der Waals surface area contributed by atoms with Crippen LogP contribution in [0.4, 0.5) is 4.79 Å². The summed E-state index contributed by atoms with van der Waals surface area (Å²) in [5, 5.41) is 14.5. The third-order valence-corrected chi connectivity index (χ3v) is 4.08. The van der Waals surface area contributed by atoms with E-state index < -0.39 is 23.6 Å². The third-order valence-electron chi connectivity index (χ3n) is 4.08. The van der Waals surface area contributed by atoms with Gasteiger partial charge in [-0.3, -0.25) is 10.0 Å². The largest absolute Gasteiger partial charge is 0.444 e. The molecule has 2 aromatic carbocycles. The lowest BCUT2D eigenvalue weighted by Gasteiger charge is -2.22. The van der Waals surface area contributed by atoms with Gasteiger partial charge in [0, 0.05) is 13.1 Å². The van der Waals surface area contributed by atoms with Gasteiger partial charge in [0.25, 0.3) is 5.91 Å². The first-order valence-electron chi connectivity index (χ1n) is 9.73. The second kappa shape index (κ2) is 11.1. The summed E-state index contributed by atoms with van der Waals surface area (Å²) in [5.74, 6) is -0.645. The second-order valence-corrected chi connectivity index (χ2v) is 7.78. The van der Waals surface area contributed by atoms with Gasteiger partial charge in [-0.25, -0.2) is 10.3 Å². The van der Waals surface area contributed by atoms with Crippen molar-refractivity contribution >= 4 is 24.2 Å². The van der Waals surface area contributed by atoms with Crippen molar-refractivity contribution in [3.8, 4) is 0 Å². The molecule has 2 aromatic rings. The summed E-state index contributed by atoms with van der Waals surface area (Å²) in [7, 11) is 0. The zero-order valence-electron chi connectivity index (χ0n) is 17.5. The van der Waals surface area contributed by atoms with Crippen LogP contribution in [0.3, 0.4) is 0 Å². The first-order valence-corrected chi connectivity index (χ1v) is 9.73. The van der Waals surface area contributed by atoms with Gasteiger partial charge in [0.2, 0.25) is 0 Å². The highest BCUT2D eigenvalue weighted by atomic mass is 16.6. The van der Waals surface area contributed by atoms with Gasteiger partial charge in [-0.05, 0) is 37.5 Å². The Morgan fingerprint density at radius 3 is 2.17 bits per heavy atom.